The van der Waals surface area contributed by atoms with Crippen molar-refractivity contribution in [3.8, 4) is 11.6 Å². The molecule has 8 nitrogen and oxygen atoms in total. The maximum absolute atomic E-state index is 5.54. The third-order valence-electron chi connectivity index (χ3n) is 2.07. The first-order valence-electron chi connectivity index (χ1n) is 5.21. The van der Waals surface area contributed by atoms with Crippen molar-refractivity contribution < 1.29 is 9.47 Å². The number of ether oxygens (including phenoxy) is 2. The highest BCUT2D eigenvalue weighted by Crippen LogP contribution is 2.20. The number of methoxy groups -OCH3 is 1. The van der Waals surface area contributed by atoms with Crippen LogP contribution < -0.4 is 16.0 Å². The number of nitrogen functional groups attached to an aromatic ring is 1. The van der Waals surface area contributed by atoms with Crippen molar-refractivity contribution in [2.45, 2.75) is 6.61 Å². The zero-order chi connectivity index (χ0) is 13.0. The fraction of sp³-hybridized carbons (Fsp3) is 0.300. The van der Waals surface area contributed by atoms with Crippen LogP contribution in [0.25, 0.3) is 0 Å². The molecule has 0 aliphatic heterocycles. The third-order valence-corrected chi connectivity index (χ3v) is 2.07. The highest BCUT2D eigenvalue weighted by Gasteiger charge is 2.07. The molecule has 2 aromatic heterocycles. The summed E-state index contributed by atoms with van der Waals surface area (Å²) in [5, 5.41) is 4.00. The highest BCUT2D eigenvalue weighted by atomic mass is 16.5. The van der Waals surface area contributed by atoms with E-state index in [0.717, 1.165) is 0 Å². The molecule has 2 heterocycles. The number of aryl methyl sites for hydroxylation is 1. The summed E-state index contributed by atoms with van der Waals surface area (Å²) in [5.74, 6) is 7.22. The van der Waals surface area contributed by atoms with Crippen molar-refractivity contribution in [2.24, 2.45) is 12.9 Å². The molecule has 0 saturated carbocycles. The molecular weight excluding hydrogens is 236 g/mol. The van der Waals surface area contributed by atoms with Crippen LogP contribution >= 0.6 is 0 Å². The number of anilines is 1. The number of rotatable bonds is 5. The van der Waals surface area contributed by atoms with Gasteiger partial charge < -0.3 is 14.9 Å². The Morgan fingerprint density at radius 1 is 1.44 bits per heavy atom. The Morgan fingerprint density at radius 2 is 2.28 bits per heavy atom. The summed E-state index contributed by atoms with van der Waals surface area (Å²) in [5.41, 5.74) is 2.45. The van der Waals surface area contributed by atoms with Crippen molar-refractivity contribution in [1.29, 1.82) is 0 Å². The van der Waals surface area contributed by atoms with Crippen molar-refractivity contribution in [1.82, 2.24) is 19.7 Å². The van der Waals surface area contributed by atoms with E-state index in [9.17, 15) is 0 Å². The Morgan fingerprint density at radius 3 is 2.89 bits per heavy atom. The quantitative estimate of drug-likeness (QED) is 0.586. The van der Waals surface area contributed by atoms with Gasteiger partial charge in [-0.15, -0.1) is 0 Å². The minimum Gasteiger partial charge on any atom is -0.436 e. The van der Waals surface area contributed by atoms with E-state index in [-0.39, 0.29) is 6.61 Å². The predicted octanol–water partition coefficient (Wildman–Crippen LogP) is 0.434. The molecule has 0 unspecified atom stereocenters. The lowest BCUT2D eigenvalue weighted by molar-refractivity contribution is 0.177. The van der Waals surface area contributed by atoms with E-state index in [4.69, 9.17) is 15.3 Å². The van der Waals surface area contributed by atoms with Gasteiger partial charge in [0.1, 0.15) is 12.4 Å². The molecule has 0 atom stereocenters. The summed E-state index contributed by atoms with van der Waals surface area (Å²) in [6, 6.07) is 1.59. The Balaban J connectivity index is 2.23. The first-order chi connectivity index (χ1) is 8.71. The number of hydrazine groups is 1. The van der Waals surface area contributed by atoms with Crippen LogP contribution in [0.2, 0.25) is 0 Å². The second-order valence-corrected chi connectivity index (χ2v) is 3.54. The summed E-state index contributed by atoms with van der Waals surface area (Å²) in [7, 11) is 3.36. The van der Waals surface area contributed by atoms with Gasteiger partial charge in [0.2, 0.25) is 5.88 Å². The fourth-order valence-electron chi connectivity index (χ4n) is 1.36. The minimum atomic E-state index is 0.277. The van der Waals surface area contributed by atoms with Crippen molar-refractivity contribution >= 4 is 5.82 Å². The van der Waals surface area contributed by atoms with Gasteiger partial charge in [-0.2, -0.15) is 10.1 Å². The van der Waals surface area contributed by atoms with Gasteiger partial charge in [-0.3, -0.25) is 4.68 Å². The normalized spacial score (nSPS) is 10.4. The molecule has 18 heavy (non-hydrogen) atoms. The maximum atomic E-state index is 5.54. The third kappa shape index (κ3) is 2.93. The van der Waals surface area contributed by atoms with E-state index in [2.05, 4.69) is 20.5 Å². The zero-order valence-corrected chi connectivity index (χ0v) is 10.1. The van der Waals surface area contributed by atoms with Gasteiger partial charge in [-0.1, -0.05) is 0 Å². The second-order valence-electron chi connectivity index (χ2n) is 3.54. The molecular formula is C10H14N6O2. The number of aromatic nitrogens is 4. The molecule has 0 spiro atoms. The van der Waals surface area contributed by atoms with Crippen molar-refractivity contribution in [2.75, 3.05) is 12.5 Å². The van der Waals surface area contributed by atoms with Crippen LogP contribution in [0, 0.1) is 0 Å². The molecule has 8 heteroatoms. The molecule has 2 aromatic rings. The highest BCUT2D eigenvalue weighted by molar-refractivity contribution is 5.38. The van der Waals surface area contributed by atoms with Crippen LogP contribution in [0.5, 0.6) is 11.6 Å². The molecule has 0 radical (unpaired) electrons. The van der Waals surface area contributed by atoms with Crippen LogP contribution in [-0.4, -0.2) is 26.9 Å². The monoisotopic (exact) mass is 250 g/mol. The Labute approximate surface area is 104 Å². The summed E-state index contributed by atoms with van der Waals surface area (Å²) in [4.78, 5) is 8.30. The van der Waals surface area contributed by atoms with Gasteiger partial charge in [0, 0.05) is 20.2 Å². The van der Waals surface area contributed by atoms with Crippen LogP contribution in [0.4, 0.5) is 5.82 Å². The molecule has 0 aliphatic rings. The van der Waals surface area contributed by atoms with E-state index in [1.807, 2.05) is 0 Å². The molecule has 0 saturated heterocycles. The Hall–Kier alpha value is -2.19. The van der Waals surface area contributed by atoms with Gasteiger partial charge in [0.25, 0.3) is 0 Å². The number of nitrogens with one attached hydrogen (secondary N) is 1. The van der Waals surface area contributed by atoms with E-state index in [1.165, 1.54) is 0 Å². The average molecular weight is 250 g/mol. The molecule has 96 valence electrons. The lowest BCUT2D eigenvalue weighted by atomic mass is 10.5. The first kappa shape index (κ1) is 12.3. The molecule has 3 N–H and O–H groups in total. The molecule has 0 amide bonds. The van der Waals surface area contributed by atoms with Crippen LogP contribution in [0.3, 0.4) is 0 Å². The summed E-state index contributed by atoms with van der Waals surface area (Å²) < 4.78 is 12.1. The summed E-state index contributed by atoms with van der Waals surface area (Å²) >= 11 is 0. The zero-order valence-electron chi connectivity index (χ0n) is 10.1. The maximum Gasteiger partial charge on any atom is 0.224 e. The van der Waals surface area contributed by atoms with Gasteiger partial charge in [0.15, 0.2) is 11.6 Å². The summed E-state index contributed by atoms with van der Waals surface area (Å²) in [6.07, 6.45) is 3.32. The van der Waals surface area contributed by atoms with Gasteiger partial charge in [-0.05, 0) is 0 Å². The lowest BCUT2D eigenvalue weighted by Gasteiger charge is -2.07. The molecule has 0 bridgehead atoms. The molecule has 0 fully saturated rings. The van der Waals surface area contributed by atoms with Gasteiger partial charge in [-0.25, -0.2) is 10.8 Å². The van der Waals surface area contributed by atoms with E-state index < -0.39 is 0 Å². The van der Waals surface area contributed by atoms with E-state index >= 15 is 0 Å². The standard InChI is InChI=1S/C10H14N6O2/c1-16-5-7(4-12-16)18-10-3-8(15-11)13-9(14-10)6-17-2/h3-5H,6,11H2,1-2H3,(H,13,14,15). The van der Waals surface area contributed by atoms with Gasteiger partial charge >= 0.3 is 0 Å². The van der Waals surface area contributed by atoms with Crippen molar-refractivity contribution in [3.63, 3.8) is 0 Å². The smallest absolute Gasteiger partial charge is 0.224 e. The lowest BCUT2D eigenvalue weighted by Crippen LogP contribution is -2.11. The number of hydrogen-bond acceptors (Lipinski definition) is 7. The first-order valence-corrected chi connectivity index (χ1v) is 5.21. The SMILES string of the molecule is COCc1nc(NN)cc(Oc2cnn(C)c2)n1. The van der Waals surface area contributed by atoms with Crippen LogP contribution in [-0.2, 0) is 18.4 Å². The largest absolute Gasteiger partial charge is 0.436 e. The van der Waals surface area contributed by atoms with Crippen LogP contribution in [0.15, 0.2) is 18.5 Å². The van der Waals surface area contributed by atoms with E-state index in [0.29, 0.717) is 23.3 Å². The average Bonchev–Trinajstić information content (AvgIpc) is 2.75. The number of hydrogen-bond donors (Lipinski definition) is 2. The summed E-state index contributed by atoms with van der Waals surface area (Å²) in [6.45, 7) is 0.277. The topological polar surface area (TPSA) is 100 Å². The number of nitrogens with zero attached hydrogens (tertiary/aromatic N) is 4. The predicted molar refractivity (Wildman–Crippen MR) is 63.8 cm³/mol. The minimum absolute atomic E-state index is 0.277. The van der Waals surface area contributed by atoms with Crippen LogP contribution in [0.1, 0.15) is 5.82 Å². The molecule has 2 rings (SSSR count). The Bertz CT molecular complexity index is 527. The Kier molecular flexibility index (Phi) is 3.70. The van der Waals surface area contributed by atoms with E-state index in [1.54, 1.807) is 37.3 Å². The number of nitrogens with two attached hydrogens (primary N) is 1. The molecule has 0 aliphatic carbocycles. The van der Waals surface area contributed by atoms with Crippen molar-refractivity contribution in [3.05, 3.63) is 24.3 Å². The molecule has 0 aromatic carbocycles. The second kappa shape index (κ2) is 5.43. The van der Waals surface area contributed by atoms with Gasteiger partial charge in [0.05, 0.1) is 12.4 Å². The fourth-order valence-corrected chi connectivity index (χ4v) is 1.36.